The van der Waals surface area contributed by atoms with Crippen molar-refractivity contribution < 1.29 is 18.0 Å². The van der Waals surface area contributed by atoms with Gasteiger partial charge in [0.25, 0.3) is 0 Å². The Morgan fingerprint density at radius 3 is 2.00 bits per heavy atom. The molecule has 1 N–H and O–H groups in total. The first-order chi connectivity index (χ1) is 16.8. The average molecular weight is 571 g/mol. The molecule has 0 aromatic heterocycles. The number of halogens is 2. The minimum Gasteiger partial charge on any atom is -0.350 e. The lowest BCUT2D eigenvalue weighted by molar-refractivity contribution is -0.140. The SMILES string of the molecule is C[C@@H](C(=O)NC(C)(C)C)N(Cc1ccc(Cl)cc1Cl)C(=O)CN(c1ccc(C(C)(C)C)cc1)S(C)(=O)=O. The van der Waals surface area contributed by atoms with Gasteiger partial charge in [-0.05, 0) is 68.5 Å². The van der Waals surface area contributed by atoms with E-state index in [0.29, 0.717) is 21.3 Å². The number of nitrogens with one attached hydrogen (secondary N) is 1. The van der Waals surface area contributed by atoms with Gasteiger partial charge in [-0.2, -0.15) is 0 Å². The third kappa shape index (κ3) is 8.90. The molecule has 37 heavy (non-hydrogen) atoms. The number of carbonyl (C=O) groups is 2. The van der Waals surface area contributed by atoms with Crippen molar-refractivity contribution >= 4 is 50.7 Å². The molecule has 2 aromatic rings. The highest BCUT2D eigenvalue weighted by atomic mass is 35.5. The van der Waals surface area contributed by atoms with Crippen LogP contribution in [0.15, 0.2) is 42.5 Å². The van der Waals surface area contributed by atoms with Crippen LogP contribution < -0.4 is 9.62 Å². The molecule has 2 aromatic carbocycles. The number of sulfonamides is 1. The van der Waals surface area contributed by atoms with Gasteiger partial charge in [-0.15, -0.1) is 0 Å². The zero-order chi connectivity index (χ0) is 28.3. The second-order valence-corrected chi connectivity index (χ2v) is 14.0. The summed E-state index contributed by atoms with van der Waals surface area (Å²) in [5, 5.41) is 3.66. The number of hydrogen-bond acceptors (Lipinski definition) is 4. The molecule has 1 atom stereocenters. The molecular formula is C27H37Cl2N3O4S. The van der Waals surface area contributed by atoms with Crippen LogP contribution >= 0.6 is 23.2 Å². The molecule has 0 saturated carbocycles. The summed E-state index contributed by atoms with van der Waals surface area (Å²) < 4.78 is 26.6. The Balaban J connectivity index is 2.45. The maximum Gasteiger partial charge on any atom is 0.244 e. The highest BCUT2D eigenvalue weighted by Crippen LogP contribution is 2.27. The lowest BCUT2D eigenvalue weighted by atomic mass is 9.87. The molecule has 0 radical (unpaired) electrons. The van der Waals surface area contributed by atoms with Gasteiger partial charge in [0.05, 0.1) is 11.9 Å². The van der Waals surface area contributed by atoms with E-state index in [0.717, 1.165) is 16.1 Å². The predicted octanol–water partition coefficient (Wildman–Crippen LogP) is 5.39. The van der Waals surface area contributed by atoms with Crippen molar-refractivity contribution in [1.29, 1.82) is 0 Å². The monoisotopic (exact) mass is 569 g/mol. The summed E-state index contributed by atoms with van der Waals surface area (Å²) in [5.74, 6) is -0.917. The third-order valence-corrected chi connectivity index (χ3v) is 7.45. The summed E-state index contributed by atoms with van der Waals surface area (Å²) >= 11 is 12.4. The highest BCUT2D eigenvalue weighted by molar-refractivity contribution is 7.92. The van der Waals surface area contributed by atoms with E-state index >= 15 is 0 Å². The Kier molecular flexibility index (Phi) is 9.72. The van der Waals surface area contributed by atoms with E-state index in [1.807, 2.05) is 32.9 Å². The van der Waals surface area contributed by atoms with Crippen LogP contribution in [-0.2, 0) is 31.6 Å². The Morgan fingerprint density at radius 1 is 0.973 bits per heavy atom. The van der Waals surface area contributed by atoms with E-state index in [9.17, 15) is 18.0 Å². The van der Waals surface area contributed by atoms with Crippen molar-refractivity contribution in [3.05, 3.63) is 63.6 Å². The van der Waals surface area contributed by atoms with Crippen LogP contribution in [0, 0.1) is 0 Å². The number of rotatable bonds is 8. The molecule has 0 bridgehead atoms. The van der Waals surface area contributed by atoms with Gasteiger partial charge < -0.3 is 10.2 Å². The lowest BCUT2D eigenvalue weighted by Gasteiger charge is -2.33. The molecule has 2 amide bonds. The molecule has 0 saturated heterocycles. The van der Waals surface area contributed by atoms with Crippen LogP contribution in [0.1, 0.15) is 59.6 Å². The number of anilines is 1. The van der Waals surface area contributed by atoms with Crippen molar-refractivity contribution in [3.8, 4) is 0 Å². The largest absolute Gasteiger partial charge is 0.350 e. The molecule has 0 unspecified atom stereocenters. The van der Waals surface area contributed by atoms with Gasteiger partial charge in [0.15, 0.2) is 0 Å². The van der Waals surface area contributed by atoms with Crippen molar-refractivity contribution in [3.63, 3.8) is 0 Å². The van der Waals surface area contributed by atoms with E-state index in [1.54, 1.807) is 37.3 Å². The van der Waals surface area contributed by atoms with Gasteiger partial charge in [-0.1, -0.05) is 62.2 Å². The molecule has 204 valence electrons. The number of nitrogens with zero attached hydrogens (tertiary/aromatic N) is 2. The van der Waals surface area contributed by atoms with Gasteiger partial charge in [0, 0.05) is 22.1 Å². The zero-order valence-corrected chi connectivity index (χ0v) is 25.1. The van der Waals surface area contributed by atoms with Crippen LogP contribution in [0.2, 0.25) is 10.0 Å². The van der Waals surface area contributed by atoms with Crippen LogP contribution in [0.3, 0.4) is 0 Å². The highest BCUT2D eigenvalue weighted by Gasteiger charge is 2.32. The smallest absolute Gasteiger partial charge is 0.244 e. The Bertz CT molecular complexity index is 1230. The number of carbonyl (C=O) groups excluding carboxylic acids is 2. The second-order valence-electron chi connectivity index (χ2n) is 11.2. The van der Waals surface area contributed by atoms with Gasteiger partial charge >= 0.3 is 0 Å². The van der Waals surface area contributed by atoms with Crippen LogP contribution in [0.5, 0.6) is 0 Å². The van der Waals surface area contributed by atoms with Crippen molar-refractivity contribution in [2.75, 3.05) is 17.1 Å². The fourth-order valence-corrected chi connectivity index (χ4v) is 4.95. The molecule has 0 spiro atoms. The third-order valence-electron chi connectivity index (χ3n) is 5.72. The molecule has 0 fully saturated rings. The summed E-state index contributed by atoms with van der Waals surface area (Å²) in [6, 6.07) is 11.1. The second kappa shape index (κ2) is 11.6. The van der Waals surface area contributed by atoms with Crippen LogP contribution in [-0.4, -0.2) is 49.5 Å². The lowest BCUT2D eigenvalue weighted by Crippen LogP contribution is -2.54. The first kappa shape index (κ1) is 30.9. The minimum absolute atomic E-state index is 0.00582. The van der Waals surface area contributed by atoms with E-state index in [-0.39, 0.29) is 17.9 Å². The molecule has 0 aliphatic rings. The summed E-state index contributed by atoms with van der Waals surface area (Å²) in [6.07, 6.45) is 1.05. The Labute approximate surface area is 231 Å². The van der Waals surface area contributed by atoms with Crippen molar-refractivity contribution in [1.82, 2.24) is 10.2 Å². The number of amides is 2. The van der Waals surface area contributed by atoms with E-state index in [4.69, 9.17) is 23.2 Å². The molecular weight excluding hydrogens is 533 g/mol. The maximum atomic E-state index is 13.7. The number of benzene rings is 2. The van der Waals surface area contributed by atoms with Gasteiger partial charge in [0.1, 0.15) is 12.6 Å². The van der Waals surface area contributed by atoms with Gasteiger partial charge in [0.2, 0.25) is 21.8 Å². The normalized spacial score (nSPS) is 13.1. The summed E-state index contributed by atoms with van der Waals surface area (Å²) in [6.45, 7) is 12.8. The summed E-state index contributed by atoms with van der Waals surface area (Å²) in [7, 11) is -3.81. The zero-order valence-electron chi connectivity index (χ0n) is 22.7. The standard InChI is InChI=1S/C27H37Cl2N3O4S/c1-18(25(34)30-27(5,6)7)31(16-19-9-12-21(28)15-23(19)29)24(33)17-32(37(8,35)36)22-13-10-20(11-14-22)26(2,3)4/h9-15,18H,16-17H2,1-8H3,(H,30,34)/t18-/m0/s1. The van der Waals surface area contributed by atoms with Crippen molar-refractivity contribution in [2.24, 2.45) is 0 Å². The van der Waals surface area contributed by atoms with E-state index in [2.05, 4.69) is 26.1 Å². The number of hydrogen-bond donors (Lipinski definition) is 1. The predicted molar refractivity (Wildman–Crippen MR) is 152 cm³/mol. The Morgan fingerprint density at radius 2 is 1.54 bits per heavy atom. The molecule has 0 heterocycles. The van der Waals surface area contributed by atoms with Crippen LogP contribution in [0.25, 0.3) is 0 Å². The molecule has 2 rings (SSSR count). The quantitative estimate of drug-likeness (QED) is 0.461. The molecule has 0 aliphatic carbocycles. The van der Waals surface area contributed by atoms with E-state index < -0.39 is 34.1 Å². The fourth-order valence-electron chi connectivity index (χ4n) is 3.63. The van der Waals surface area contributed by atoms with Crippen LogP contribution in [0.4, 0.5) is 5.69 Å². The fraction of sp³-hybridized carbons (Fsp3) is 0.481. The van der Waals surface area contributed by atoms with Gasteiger partial charge in [-0.3, -0.25) is 13.9 Å². The molecule has 7 nitrogen and oxygen atoms in total. The van der Waals surface area contributed by atoms with Crippen molar-refractivity contribution in [2.45, 2.75) is 72.0 Å². The average Bonchev–Trinajstić information content (AvgIpc) is 2.74. The first-order valence-corrected chi connectivity index (χ1v) is 14.5. The first-order valence-electron chi connectivity index (χ1n) is 11.9. The summed E-state index contributed by atoms with van der Waals surface area (Å²) in [5.41, 5.74) is 1.33. The maximum absolute atomic E-state index is 13.7. The summed E-state index contributed by atoms with van der Waals surface area (Å²) in [4.78, 5) is 28.0. The topological polar surface area (TPSA) is 86.8 Å². The Hall–Kier alpha value is -2.29. The molecule has 0 aliphatic heterocycles. The van der Waals surface area contributed by atoms with E-state index in [1.165, 1.54) is 4.90 Å². The van der Waals surface area contributed by atoms with Gasteiger partial charge in [-0.25, -0.2) is 8.42 Å². The molecule has 10 heteroatoms. The minimum atomic E-state index is -3.81.